The molecule has 0 radical (unpaired) electrons. The van der Waals surface area contributed by atoms with E-state index in [2.05, 4.69) is 16.4 Å². The Balaban J connectivity index is 2.45. The molecule has 2 rings (SSSR count). The minimum Gasteiger partial charge on any atom is -0.362 e. The molecule has 0 fully saturated rings. The smallest absolute Gasteiger partial charge is 0.207 e. The van der Waals surface area contributed by atoms with Crippen LogP contribution in [0.2, 0.25) is 0 Å². The first-order chi connectivity index (χ1) is 8.22. The summed E-state index contributed by atoms with van der Waals surface area (Å²) < 4.78 is 0. The van der Waals surface area contributed by atoms with Gasteiger partial charge in [0.1, 0.15) is 5.82 Å². The third-order valence-corrected chi connectivity index (χ3v) is 2.62. The van der Waals surface area contributed by atoms with E-state index in [0.717, 1.165) is 22.2 Å². The zero-order valence-electron chi connectivity index (χ0n) is 9.97. The molecular formula is C13H15N3O. The van der Waals surface area contributed by atoms with E-state index >= 15 is 0 Å². The van der Waals surface area contributed by atoms with Crippen LogP contribution in [0.1, 0.15) is 5.56 Å². The summed E-state index contributed by atoms with van der Waals surface area (Å²) in [4.78, 5) is 16.6. The maximum atomic E-state index is 10.3. The van der Waals surface area contributed by atoms with Crippen LogP contribution in [0.15, 0.2) is 30.5 Å². The van der Waals surface area contributed by atoms with Crippen molar-refractivity contribution in [3.8, 4) is 0 Å². The predicted molar refractivity (Wildman–Crippen MR) is 69.0 cm³/mol. The van der Waals surface area contributed by atoms with Crippen LogP contribution in [0.3, 0.4) is 0 Å². The van der Waals surface area contributed by atoms with Crippen molar-refractivity contribution in [2.24, 2.45) is 0 Å². The predicted octanol–water partition coefficient (Wildman–Crippen LogP) is 1.55. The molecule has 0 saturated heterocycles. The molecule has 1 N–H and O–H groups in total. The van der Waals surface area contributed by atoms with Crippen LogP contribution in [0.4, 0.5) is 5.82 Å². The van der Waals surface area contributed by atoms with Crippen LogP contribution < -0.4 is 10.2 Å². The van der Waals surface area contributed by atoms with E-state index in [-0.39, 0.29) is 0 Å². The molecule has 2 aromatic rings. The number of carbonyl (C=O) groups excluding carboxylic acids is 1. The van der Waals surface area contributed by atoms with Crippen molar-refractivity contribution in [2.45, 2.75) is 6.54 Å². The molecule has 88 valence electrons. The summed E-state index contributed by atoms with van der Waals surface area (Å²) in [6.07, 6.45) is 2.51. The molecule has 0 aliphatic heterocycles. The van der Waals surface area contributed by atoms with Gasteiger partial charge in [-0.2, -0.15) is 0 Å². The molecule has 17 heavy (non-hydrogen) atoms. The van der Waals surface area contributed by atoms with E-state index in [1.165, 1.54) is 0 Å². The van der Waals surface area contributed by atoms with Crippen molar-refractivity contribution in [2.75, 3.05) is 19.0 Å². The summed E-state index contributed by atoms with van der Waals surface area (Å²) in [5.74, 6) is 0.956. The van der Waals surface area contributed by atoms with Crippen molar-refractivity contribution < 1.29 is 4.79 Å². The molecule has 0 aliphatic rings. The highest BCUT2D eigenvalue weighted by atomic mass is 16.1. The molecule has 1 aromatic carbocycles. The van der Waals surface area contributed by atoms with Gasteiger partial charge in [0, 0.05) is 32.2 Å². The molecular weight excluding hydrogens is 214 g/mol. The molecule has 4 heteroatoms. The highest BCUT2D eigenvalue weighted by molar-refractivity contribution is 5.92. The third kappa shape index (κ3) is 2.36. The summed E-state index contributed by atoms with van der Waals surface area (Å²) in [5.41, 5.74) is 1.08. The molecule has 0 spiro atoms. The van der Waals surface area contributed by atoms with Gasteiger partial charge in [-0.15, -0.1) is 0 Å². The molecule has 0 unspecified atom stereocenters. The highest BCUT2D eigenvalue weighted by Crippen LogP contribution is 2.23. The first kappa shape index (κ1) is 11.4. The molecule has 0 atom stereocenters. The number of fused-ring (bicyclic) bond motifs is 1. The minimum atomic E-state index is 0.555. The highest BCUT2D eigenvalue weighted by Gasteiger charge is 2.04. The van der Waals surface area contributed by atoms with Gasteiger partial charge in [0.05, 0.1) is 0 Å². The lowest BCUT2D eigenvalue weighted by Gasteiger charge is -2.14. The second kappa shape index (κ2) is 4.82. The van der Waals surface area contributed by atoms with E-state index in [1.54, 1.807) is 6.20 Å². The van der Waals surface area contributed by atoms with Crippen molar-refractivity contribution >= 4 is 23.0 Å². The Labute approximate surface area is 100 Å². The lowest BCUT2D eigenvalue weighted by molar-refractivity contribution is -0.109. The monoisotopic (exact) mass is 229 g/mol. The fourth-order valence-electron chi connectivity index (χ4n) is 1.84. The fraction of sp³-hybridized carbons (Fsp3) is 0.231. The standard InChI is InChI=1S/C13H15N3O/c1-16(2)13-12-4-3-10(8-14-9-17)7-11(12)5-6-15-13/h3-7,9H,8H2,1-2H3,(H,14,17). The van der Waals surface area contributed by atoms with Crippen molar-refractivity contribution in [3.05, 3.63) is 36.0 Å². The van der Waals surface area contributed by atoms with Gasteiger partial charge in [-0.05, 0) is 23.1 Å². The Hall–Kier alpha value is -2.10. The number of anilines is 1. The van der Waals surface area contributed by atoms with Crippen molar-refractivity contribution in [1.29, 1.82) is 0 Å². The van der Waals surface area contributed by atoms with Gasteiger partial charge in [0.2, 0.25) is 6.41 Å². The number of aromatic nitrogens is 1. The number of benzene rings is 1. The Morgan fingerprint density at radius 1 is 1.35 bits per heavy atom. The Bertz CT molecular complexity index is 537. The number of amides is 1. The van der Waals surface area contributed by atoms with Crippen LogP contribution in [0, 0.1) is 0 Å². The van der Waals surface area contributed by atoms with Crippen molar-refractivity contribution in [1.82, 2.24) is 10.3 Å². The van der Waals surface area contributed by atoms with Gasteiger partial charge < -0.3 is 10.2 Å². The largest absolute Gasteiger partial charge is 0.362 e. The van der Waals surface area contributed by atoms with Gasteiger partial charge >= 0.3 is 0 Å². The zero-order chi connectivity index (χ0) is 12.3. The Morgan fingerprint density at radius 2 is 2.18 bits per heavy atom. The topological polar surface area (TPSA) is 45.2 Å². The van der Waals surface area contributed by atoms with E-state index in [1.807, 2.05) is 37.2 Å². The number of hydrogen-bond acceptors (Lipinski definition) is 3. The normalized spacial score (nSPS) is 10.2. The molecule has 0 saturated carbocycles. The Morgan fingerprint density at radius 3 is 2.88 bits per heavy atom. The maximum absolute atomic E-state index is 10.3. The molecule has 1 amide bonds. The molecule has 1 heterocycles. The molecule has 4 nitrogen and oxygen atoms in total. The first-order valence-electron chi connectivity index (χ1n) is 5.44. The summed E-state index contributed by atoms with van der Waals surface area (Å²) in [5, 5.41) is 4.91. The average Bonchev–Trinajstić information content (AvgIpc) is 2.35. The number of pyridine rings is 1. The summed E-state index contributed by atoms with van der Waals surface area (Å²) in [7, 11) is 3.95. The number of nitrogens with one attached hydrogen (secondary N) is 1. The molecule has 1 aromatic heterocycles. The summed E-state index contributed by atoms with van der Waals surface area (Å²) in [6.45, 7) is 0.555. The zero-order valence-corrected chi connectivity index (χ0v) is 9.97. The van der Waals surface area contributed by atoms with E-state index in [4.69, 9.17) is 0 Å². The second-order valence-electron chi connectivity index (χ2n) is 4.08. The van der Waals surface area contributed by atoms with E-state index in [0.29, 0.717) is 13.0 Å². The minimum absolute atomic E-state index is 0.555. The van der Waals surface area contributed by atoms with Gasteiger partial charge in [0.15, 0.2) is 0 Å². The Kier molecular flexibility index (Phi) is 3.23. The summed E-state index contributed by atoms with van der Waals surface area (Å²) >= 11 is 0. The van der Waals surface area contributed by atoms with Gasteiger partial charge in [0.25, 0.3) is 0 Å². The number of nitrogens with zero attached hydrogens (tertiary/aromatic N) is 2. The van der Waals surface area contributed by atoms with Gasteiger partial charge in [-0.25, -0.2) is 4.98 Å². The summed E-state index contributed by atoms with van der Waals surface area (Å²) in [6, 6.07) is 8.10. The average molecular weight is 229 g/mol. The van der Waals surface area contributed by atoms with Crippen LogP contribution in [-0.2, 0) is 11.3 Å². The van der Waals surface area contributed by atoms with Crippen LogP contribution in [0.5, 0.6) is 0 Å². The maximum Gasteiger partial charge on any atom is 0.207 e. The van der Waals surface area contributed by atoms with Crippen LogP contribution in [0.25, 0.3) is 10.8 Å². The van der Waals surface area contributed by atoms with Crippen molar-refractivity contribution in [3.63, 3.8) is 0 Å². The van der Waals surface area contributed by atoms with Crippen LogP contribution >= 0.6 is 0 Å². The number of rotatable bonds is 4. The number of hydrogen-bond donors (Lipinski definition) is 1. The van der Waals surface area contributed by atoms with Gasteiger partial charge in [-0.3, -0.25) is 4.79 Å². The van der Waals surface area contributed by atoms with E-state index < -0.39 is 0 Å². The first-order valence-corrected chi connectivity index (χ1v) is 5.44. The quantitative estimate of drug-likeness (QED) is 0.809. The van der Waals surface area contributed by atoms with Crippen LogP contribution in [-0.4, -0.2) is 25.5 Å². The lowest BCUT2D eigenvalue weighted by atomic mass is 10.1. The lowest BCUT2D eigenvalue weighted by Crippen LogP contribution is -2.11. The van der Waals surface area contributed by atoms with Gasteiger partial charge in [-0.1, -0.05) is 12.1 Å². The SMILES string of the molecule is CN(C)c1nccc2cc(CNC=O)ccc12. The number of carbonyl (C=O) groups is 1. The van der Waals surface area contributed by atoms with E-state index in [9.17, 15) is 4.79 Å². The second-order valence-corrected chi connectivity index (χ2v) is 4.08. The molecule has 0 bridgehead atoms. The molecule has 0 aliphatic carbocycles. The fourth-order valence-corrected chi connectivity index (χ4v) is 1.84. The third-order valence-electron chi connectivity index (χ3n) is 2.62.